The van der Waals surface area contributed by atoms with Crippen molar-refractivity contribution in [2.45, 2.75) is 43.4 Å². The Morgan fingerprint density at radius 3 is 2.72 bits per heavy atom. The van der Waals surface area contributed by atoms with Gasteiger partial charge in [-0.25, -0.2) is 9.97 Å². The molecule has 1 aromatic carbocycles. The van der Waals surface area contributed by atoms with Gasteiger partial charge in [-0.2, -0.15) is 4.68 Å². The van der Waals surface area contributed by atoms with Crippen LogP contribution in [0.15, 0.2) is 35.6 Å². The van der Waals surface area contributed by atoms with Crippen LogP contribution in [-0.4, -0.2) is 41.3 Å². The number of carbonyl (C=O) groups is 1. The maximum atomic E-state index is 11.5. The van der Waals surface area contributed by atoms with Crippen LogP contribution in [0.4, 0.5) is 0 Å². The molecule has 7 nitrogen and oxygen atoms in total. The molecule has 0 saturated carbocycles. The van der Waals surface area contributed by atoms with Gasteiger partial charge in [0.25, 0.3) is 0 Å². The van der Waals surface area contributed by atoms with Gasteiger partial charge >= 0.3 is 5.97 Å². The highest BCUT2D eigenvalue weighted by Crippen LogP contribution is 2.30. The van der Waals surface area contributed by atoms with Crippen molar-refractivity contribution in [3.05, 3.63) is 36.2 Å². The molecule has 1 unspecified atom stereocenters. The Balaban J connectivity index is 1.95. The molecule has 3 aromatic rings. The van der Waals surface area contributed by atoms with Crippen LogP contribution in [0, 0.1) is 6.92 Å². The van der Waals surface area contributed by atoms with Gasteiger partial charge in [-0.3, -0.25) is 4.79 Å². The van der Waals surface area contributed by atoms with Crippen molar-refractivity contribution in [3.63, 3.8) is 0 Å². The lowest BCUT2D eigenvalue weighted by Gasteiger charge is -2.10. The van der Waals surface area contributed by atoms with Crippen molar-refractivity contribution >= 4 is 28.9 Å². The van der Waals surface area contributed by atoms with Crippen LogP contribution in [0.1, 0.15) is 31.7 Å². The number of carboxylic acids is 1. The zero-order valence-electron chi connectivity index (χ0n) is 14.1. The van der Waals surface area contributed by atoms with Gasteiger partial charge in [0.2, 0.25) is 0 Å². The number of benzene rings is 1. The lowest BCUT2D eigenvalue weighted by molar-refractivity contribution is -0.136. The normalized spacial score (nSPS) is 12.4. The first-order valence-corrected chi connectivity index (χ1v) is 9.01. The summed E-state index contributed by atoms with van der Waals surface area (Å²) in [4.78, 5) is 20.0. The van der Waals surface area contributed by atoms with Crippen molar-refractivity contribution in [1.82, 2.24) is 25.0 Å². The second-order valence-corrected chi connectivity index (χ2v) is 6.97. The topological polar surface area (TPSA) is 93.8 Å². The van der Waals surface area contributed by atoms with Crippen LogP contribution >= 0.6 is 11.8 Å². The van der Waals surface area contributed by atoms with Gasteiger partial charge in [-0.05, 0) is 25.5 Å². The first-order valence-electron chi connectivity index (χ1n) is 8.13. The Morgan fingerprint density at radius 2 is 2.04 bits per heavy atom. The van der Waals surface area contributed by atoms with Gasteiger partial charge in [-0.15, -0.1) is 5.10 Å². The molecule has 1 atom stereocenters. The fraction of sp³-hybridized carbons (Fsp3) is 0.353. The number of hydrogen-bond acceptors (Lipinski definition) is 6. The Hall–Kier alpha value is -2.48. The van der Waals surface area contributed by atoms with Crippen molar-refractivity contribution in [3.8, 4) is 5.69 Å². The average Bonchev–Trinajstić information content (AvgIpc) is 3.04. The van der Waals surface area contributed by atoms with Crippen molar-refractivity contribution in [2.24, 2.45) is 0 Å². The molecule has 0 amide bonds. The molecular weight excluding hydrogens is 338 g/mol. The van der Waals surface area contributed by atoms with E-state index in [0.717, 1.165) is 24.1 Å². The van der Waals surface area contributed by atoms with Crippen molar-refractivity contribution in [2.75, 3.05) is 0 Å². The number of aromatic nitrogens is 5. The molecule has 8 heteroatoms. The summed E-state index contributed by atoms with van der Waals surface area (Å²) in [5.74, 6) is -0.837. The molecule has 0 fully saturated rings. The van der Waals surface area contributed by atoms with E-state index in [1.54, 1.807) is 4.68 Å². The average molecular weight is 357 g/mol. The highest BCUT2D eigenvalue weighted by atomic mass is 32.2. The van der Waals surface area contributed by atoms with Gasteiger partial charge < -0.3 is 5.11 Å². The van der Waals surface area contributed by atoms with E-state index in [1.807, 2.05) is 38.1 Å². The Labute approximate surface area is 149 Å². The number of nitrogens with zero attached hydrogens (tertiary/aromatic N) is 5. The summed E-state index contributed by atoms with van der Waals surface area (Å²) in [7, 11) is 0. The summed E-state index contributed by atoms with van der Waals surface area (Å²) in [6, 6.07) is 7.87. The minimum Gasteiger partial charge on any atom is -0.480 e. The number of fused-ring (bicyclic) bond motifs is 1. The van der Waals surface area contributed by atoms with E-state index < -0.39 is 11.2 Å². The predicted octanol–water partition coefficient (Wildman–Crippen LogP) is 3.25. The molecule has 0 aliphatic carbocycles. The molecule has 0 spiro atoms. The lowest BCUT2D eigenvalue weighted by atomic mass is 10.2. The summed E-state index contributed by atoms with van der Waals surface area (Å²) in [6.07, 6.45) is 3.83. The van der Waals surface area contributed by atoms with E-state index in [1.165, 1.54) is 18.1 Å². The van der Waals surface area contributed by atoms with Crippen LogP contribution < -0.4 is 0 Å². The summed E-state index contributed by atoms with van der Waals surface area (Å²) in [5, 5.41) is 17.8. The van der Waals surface area contributed by atoms with E-state index in [-0.39, 0.29) is 0 Å². The van der Waals surface area contributed by atoms with Crippen LogP contribution in [0.2, 0.25) is 0 Å². The number of rotatable bonds is 7. The molecule has 0 saturated heterocycles. The molecule has 2 heterocycles. The molecule has 130 valence electrons. The van der Waals surface area contributed by atoms with Crippen LogP contribution in [-0.2, 0) is 4.79 Å². The lowest BCUT2D eigenvalue weighted by Crippen LogP contribution is -2.16. The van der Waals surface area contributed by atoms with Gasteiger partial charge in [0, 0.05) is 0 Å². The van der Waals surface area contributed by atoms with Gasteiger partial charge in [0.1, 0.15) is 16.6 Å². The van der Waals surface area contributed by atoms with E-state index in [0.29, 0.717) is 22.6 Å². The molecule has 0 radical (unpaired) electrons. The second kappa shape index (κ2) is 7.60. The zero-order valence-corrected chi connectivity index (χ0v) is 14.9. The molecule has 0 aliphatic heterocycles. The van der Waals surface area contributed by atoms with E-state index in [9.17, 15) is 9.90 Å². The summed E-state index contributed by atoms with van der Waals surface area (Å²) >= 11 is 1.21. The van der Waals surface area contributed by atoms with Gasteiger partial charge in [0.05, 0.1) is 5.69 Å². The highest BCUT2D eigenvalue weighted by molar-refractivity contribution is 8.00. The molecule has 25 heavy (non-hydrogen) atoms. The minimum atomic E-state index is -0.837. The third-order valence-electron chi connectivity index (χ3n) is 3.83. The smallest absolute Gasteiger partial charge is 0.317 e. The molecule has 3 rings (SSSR count). The summed E-state index contributed by atoms with van der Waals surface area (Å²) in [5.41, 5.74) is 3.10. The first-order chi connectivity index (χ1) is 12.1. The molecule has 2 aromatic heterocycles. The Kier molecular flexibility index (Phi) is 5.28. The highest BCUT2D eigenvalue weighted by Gasteiger charge is 2.22. The second-order valence-electron chi connectivity index (χ2n) is 5.77. The fourth-order valence-corrected chi connectivity index (χ4v) is 3.44. The third-order valence-corrected chi connectivity index (χ3v) is 5.08. The Morgan fingerprint density at radius 1 is 1.28 bits per heavy atom. The monoisotopic (exact) mass is 357 g/mol. The van der Waals surface area contributed by atoms with E-state index in [2.05, 4.69) is 20.3 Å². The quantitative estimate of drug-likeness (QED) is 0.512. The molecular formula is C17H19N5O2S. The maximum absolute atomic E-state index is 11.5. The van der Waals surface area contributed by atoms with Gasteiger partial charge in [-0.1, -0.05) is 54.4 Å². The third kappa shape index (κ3) is 3.79. The van der Waals surface area contributed by atoms with Crippen LogP contribution in [0.3, 0.4) is 0 Å². The van der Waals surface area contributed by atoms with Crippen LogP contribution in [0.25, 0.3) is 16.9 Å². The van der Waals surface area contributed by atoms with Crippen molar-refractivity contribution in [1.29, 1.82) is 0 Å². The van der Waals surface area contributed by atoms with E-state index in [4.69, 9.17) is 0 Å². The summed E-state index contributed by atoms with van der Waals surface area (Å²) in [6.45, 7) is 4.06. The van der Waals surface area contributed by atoms with Crippen molar-refractivity contribution < 1.29 is 9.90 Å². The number of unbranched alkanes of at least 4 members (excludes halogenated alkanes) is 1. The number of aryl methyl sites for hydroxylation is 1. The Bertz CT molecular complexity index is 878. The standard InChI is InChI=1S/C17H19N5O2S/c1-3-4-5-13(17(23)24)25-16-14-15(18-10-19-16)22(21-20-14)12-8-6-11(2)7-9-12/h6-10,13H,3-5H2,1-2H3,(H,23,24). The van der Waals surface area contributed by atoms with Crippen LogP contribution in [0.5, 0.6) is 0 Å². The zero-order chi connectivity index (χ0) is 17.8. The first kappa shape index (κ1) is 17.3. The molecule has 0 bridgehead atoms. The summed E-state index contributed by atoms with van der Waals surface area (Å²) < 4.78 is 1.64. The fourth-order valence-electron chi connectivity index (χ4n) is 2.43. The predicted molar refractivity (Wildman–Crippen MR) is 96.0 cm³/mol. The largest absolute Gasteiger partial charge is 0.480 e. The van der Waals surface area contributed by atoms with E-state index >= 15 is 0 Å². The number of aliphatic carboxylic acids is 1. The number of hydrogen-bond donors (Lipinski definition) is 1. The number of carboxylic acid groups (broad SMARTS) is 1. The SMILES string of the molecule is CCCCC(Sc1ncnc2c1nnn2-c1ccc(C)cc1)C(=O)O. The van der Waals surface area contributed by atoms with Gasteiger partial charge in [0.15, 0.2) is 11.2 Å². The number of thioether (sulfide) groups is 1. The molecule has 0 aliphatic rings. The maximum Gasteiger partial charge on any atom is 0.317 e. The molecule has 1 N–H and O–H groups in total. The minimum absolute atomic E-state index is 0.524.